The fraction of sp³-hybridized carbons (Fsp3) is 0.0769. The number of rotatable bonds is 2. The van der Waals surface area contributed by atoms with Gasteiger partial charge in [-0.1, -0.05) is 54.6 Å². The molecule has 1 atom stereocenters. The second kappa shape index (κ2) is 4.39. The lowest BCUT2D eigenvalue weighted by Gasteiger charge is -2.02. The van der Waals surface area contributed by atoms with Crippen molar-refractivity contribution < 1.29 is 0 Å². The molecule has 1 unspecified atom stereocenters. The van der Waals surface area contributed by atoms with Gasteiger partial charge in [0.25, 0.3) is 0 Å². The monoisotopic (exact) mass is 200 g/mol. The van der Waals surface area contributed by atoms with E-state index >= 15 is 0 Å². The van der Waals surface area contributed by atoms with Gasteiger partial charge in [-0.25, -0.2) is 0 Å². The first kappa shape index (κ1) is 9.43. The highest BCUT2D eigenvalue weighted by Crippen LogP contribution is 2.19. The van der Waals surface area contributed by atoms with Gasteiger partial charge < -0.3 is 0 Å². The first-order chi connectivity index (χ1) is 6.90. The summed E-state index contributed by atoms with van der Waals surface area (Å²) >= 11 is 0. The van der Waals surface area contributed by atoms with Crippen LogP contribution in [0.2, 0.25) is 0 Å². The van der Waals surface area contributed by atoms with Gasteiger partial charge in [0.05, 0.1) is 0 Å². The highest BCUT2D eigenvalue weighted by Gasteiger charge is 1.95. The fourth-order valence-corrected chi connectivity index (χ4v) is 1.74. The van der Waals surface area contributed by atoms with E-state index < -0.39 is 0 Å². The van der Waals surface area contributed by atoms with Crippen molar-refractivity contribution in [3.8, 4) is 11.1 Å². The van der Waals surface area contributed by atoms with Gasteiger partial charge in [0.15, 0.2) is 0 Å². The Morgan fingerprint density at radius 2 is 1.29 bits per heavy atom. The number of benzene rings is 2. The normalized spacial score (nSPS) is 10.1. The Labute approximate surface area is 87.2 Å². The molecule has 0 aliphatic rings. The summed E-state index contributed by atoms with van der Waals surface area (Å²) in [5, 5.41) is 0. The molecular formula is C13H13P. The second-order valence-corrected chi connectivity index (χ2v) is 3.68. The predicted molar refractivity (Wildman–Crippen MR) is 65.3 cm³/mol. The van der Waals surface area contributed by atoms with Gasteiger partial charge in [-0.2, -0.15) is 0 Å². The van der Waals surface area contributed by atoms with E-state index in [1.54, 1.807) is 0 Å². The van der Waals surface area contributed by atoms with Crippen molar-refractivity contribution in [2.75, 3.05) is 0 Å². The van der Waals surface area contributed by atoms with Crippen LogP contribution < -0.4 is 0 Å². The minimum atomic E-state index is 1.02. The van der Waals surface area contributed by atoms with E-state index in [0.717, 1.165) is 6.16 Å². The highest BCUT2D eigenvalue weighted by atomic mass is 31.0. The maximum atomic E-state index is 2.74. The second-order valence-electron chi connectivity index (χ2n) is 3.27. The van der Waals surface area contributed by atoms with Crippen molar-refractivity contribution in [3.05, 3.63) is 60.2 Å². The van der Waals surface area contributed by atoms with Crippen molar-refractivity contribution in [3.63, 3.8) is 0 Å². The Bertz CT molecular complexity index is 389. The van der Waals surface area contributed by atoms with Gasteiger partial charge in [-0.05, 0) is 22.9 Å². The van der Waals surface area contributed by atoms with Crippen LogP contribution in [0.15, 0.2) is 54.6 Å². The van der Waals surface area contributed by atoms with Crippen LogP contribution in [0, 0.1) is 0 Å². The van der Waals surface area contributed by atoms with Crippen LogP contribution in [-0.4, -0.2) is 0 Å². The van der Waals surface area contributed by atoms with Crippen LogP contribution in [0.25, 0.3) is 11.1 Å². The maximum Gasteiger partial charge on any atom is -0.0128 e. The lowest BCUT2D eigenvalue weighted by atomic mass is 10.0. The Hall–Kier alpha value is -1.13. The van der Waals surface area contributed by atoms with Crippen molar-refractivity contribution in [2.24, 2.45) is 0 Å². The van der Waals surface area contributed by atoms with Crippen LogP contribution in [0.4, 0.5) is 0 Å². The van der Waals surface area contributed by atoms with Gasteiger partial charge in [0, 0.05) is 0 Å². The molecule has 2 rings (SSSR count). The molecular weight excluding hydrogens is 187 g/mol. The molecule has 0 radical (unpaired) electrons. The van der Waals surface area contributed by atoms with Crippen molar-refractivity contribution in [2.45, 2.75) is 6.16 Å². The third-order valence-electron chi connectivity index (χ3n) is 2.30. The molecule has 0 fully saturated rings. The molecule has 0 aromatic heterocycles. The standard InChI is InChI=1S/C13H13P/c14-10-11-6-8-13(9-7-11)12-4-2-1-3-5-12/h1-9H,10,14H2. The van der Waals surface area contributed by atoms with E-state index in [-0.39, 0.29) is 0 Å². The largest absolute Gasteiger partial charge is 0.133 e. The van der Waals surface area contributed by atoms with Gasteiger partial charge in [0.2, 0.25) is 0 Å². The van der Waals surface area contributed by atoms with Crippen LogP contribution in [0.5, 0.6) is 0 Å². The molecule has 0 amide bonds. The summed E-state index contributed by atoms with van der Waals surface area (Å²) in [6.07, 6.45) is 1.02. The minimum Gasteiger partial charge on any atom is -0.133 e. The highest BCUT2D eigenvalue weighted by molar-refractivity contribution is 7.15. The molecule has 0 heterocycles. The zero-order chi connectivity index (χ0) is 9.80. The molecule has 1 heteroatoms. The molecule has 14 heavy (non-hydrogen) atoms. The molecule has 0 aliphatic carbocycles. The Balaban J connectivity index is 2.34. The van der Waals surface area contributed by atoms with E-state index in [1.807, 2.05) is 6.07 Å². The Kier molecular flexibility index (Phi) is 2.96. The minimum absolute atomic E-state index is 1.02. The van der Waals surface area contributed by atoms with Crippen molar-refractivity contribution in [1.82, 2.24) is 0 Å². The van der Waals surface area contributed by atoms with Gasteiger partial charge in [-0.3, -0.25) is 0 Å². The number of hydrogen-bond acceptors (Lipinski definition) is 0. The van der Waals surface area contributed by atoms with E-state index in [2.05, 4.69) is 57.8 Å². The van der Waals surface area contributed by atoms with Gasteiger partial charge >= 0.3 is 0 Å². The summed E-state index contributed by atoms with van der Waals surface area (Å²) in [4.78, 5) is 0. The Morgan fingerprint density at radius 1 is 0.714 bits per heavy atom. The van der Waals surface area contributed by atoms with Gasteiger partial charge in [-0.15, -0.1) is 9.24 Å². The summed E-state index contributed by atoms with van der Waals surface area (Å²) < 4.78 is 0. The SMILES string of the molecule is PCc1ccc(-c2ccccc2)cc1. The quantitative estimate of drug-likeness (QED) is 0.648. The topological polar surface area (TPSA) is 0 Å². The first-order valence-corrected chi connectivity index (χ1v) is 5.56. The van der Waals surface area contributed by atoms with E-state index in [1.165, 1.54) is 16.7 Å². The van der Waals surface area contributed by atoms with E-state index in [9.17, 15) is 0 Å². The lowest BCUT2D eigenvalue weighted by molar-refractivity contribution is 1.42. The maximum absolute atomic E-state index is 2.74. The summed E-state index contributed by atoms with van der Waals surface area (Å²) in [7, 11) is 2.74. The number of hydrogen-bond donors (Lipinski definition) is 0. The van der Waals surface area contributed by atoms with Gasteiger partial charge in [0.1, 0.15) is 0 Å². The van der Waals surface area contributed by atoms with Crippen LogP contribution in [0.1, 0.15) is 5.56 Å². The molecule has 70 valence electrons. The molecule has 2 aromatic carbocycles. The molecule has 0 nitrogen and oxygen atoms in total. The van der Waals surface area contributed by atoms with Crippen LogP contribution >= 0.6 is 9.24 Å². The average molecular weight is 200 g/mol. The Morgan fingerprint density at radius 3 is 1.86 bits per heavy atom. The lowest BCUT2D eigenvalue weighted by Crippen LogP contribution is -1.79. The fourth-order valence-electron chi connectivity index (χ4n) is 1.46. The molecule has 0 saturated carbocycles. The molecule has 2 aromatic rings. The zero-order valence-corrected chi connectivity index (χ0v) is 9.14. The molecule has 0 spiro atoms. The summed E-state index contributed by atoms with van der Waals surface area (Å²) in [6.45, 7) is 0. The van der Waals surface area contributed by atoms with E-state index in [0.29, 0.717) is 0 Å². The van der Waals surface area contributed by atoms with E-state index in [4.69, 9.17) is 0 Å². The van der Waals surface area contributed by atoms with Crippen molar-refractivity contribution >= 4 is 9.24 Å². The van der Waals surface area contributed by atoms with Crippen LogP contribution in [0.3, 0.4) is 0 Å². The molecule has 0 saturated heterocycles. The molecule has 0 N–H and O–H groups in total. The third kappa shape index (κ3) is 2.02. The zero-order valence-electron chi connectivity index (χ0n) is 7.98. The summed E-state index contributed by atoms with van der Waals surface area (Å²) in [5.41, 5.74) is 3.92. The van der Waals surface area contributed by atoms with Crippen molar-refractivity contribution in [1.29, 1.82) is 0 Å². The molecule has 0 aliphatic heterocycles. The first-order valence-electron chi connectivity index (χ1n) is 4.74. The third-order valence-corrected chi connectivity index (χ3v) is 2.77. The molecule has 0 bridgehead atoms. The summed E-state index contributed by atoms with van der Waals surface area (Å²) in [5.74, 6) is 0. The smallest absolute Gasteiger partial charge is 0.0128 e. The summed E-state index contributed by atoms with van der Waals surface area (Å²) in [6, 6.07) is 19.2. The predicted octanol–water partition coefficient (Wildman–Crippen LogP) is 3.73. The van der Waals surface area contributed by atoms with Crippen LogP contribution in [-0.2, 0) is 6.16 Å². The average Bonchev–Trinajstić information content (AvgIpc) is 2.30.